The predicted molar refractivity (Wildman–Crippen MR) is 76.3 cm³/mol. The van der Waals surface area contributed by atoms with E-state index in [4.69, 9.17) is 5.73 Å². The second-order valence-electron chi connectivity index (χ2n) is 5.58. The highest BCUT2D eigenvalue weighted by Gasteiger charge is 2.22. The van der Waals surface area contributed by atoms with Gasteiger partial charge in [0, 0.05) is 36.0 Å². The van der Waals surface area contributed by atoms with Crippen molar-refractivity contribution in [1.82, 2.24) is 9.55 Å². The first kappa shape index (κ1) is 11.7. The van der Waals surface area contributed by atoms with Crippen molar-refractivity contribution in [3.63, 3.8) is 0 Å². The molecule has 2 aliphatic heterocycles. The molecule has 0 bridgehead atoms. The number of imidazole rings is 1. The van der Waals surface area contributed by atoms with Gasteiger partial charge in [0.1, 0.15) is 0 Å². The molecule has 5 nitrogen and oxygen atoms in total. The Balaban J connectivity index is 1.77. The van der Waals surface area contributed by atoms with Gasteiger partial charge in [-0.25, -0.2) is 4.98 Å². The van der Waals surface area contributed by atoms with Gasteiger partial charge < -0.3 is 15.6 Å². The zero-order valence-electron chi connectivity index (χ0n) is 11.1. The Morgan fingerprint density at radius 2 is 2.30 bits per heavy atom. The lowest BCUT2D eigenvalue weighted by molar-refractivity contribution is -0.115. The molecule has 0 spiro atoms. The molecule has 0 saturated heterocycles. The fourth-order valence-corrected chi connectivity index (χ4v) is 3.09. The number of fused-ring (bicyclic) bond motifs is 2. The van der Waals surface area contributed by atoms with E-state index in [2.05, 4.69) is 20.9 Å². The van der Waals surface area contributed by atoms with Crippen LogP contribution in [0.2, 0.25) is 0 Å². The third-order valence-corrected chi connectivity index (χ3v) is 4.15. The molecule has 4 rings (SSSR count). The molecule has 1 aromatic carbocycles. The maximum Gasteiger partial charge on any atom is 0.228 e. The van der Waals surface area contributed by atoms with E-state index in [1.807, 2.05) is 18.5 Å². The van der Waals surface area contributed by atoms with Crippen molar-refractivity contribution in [3.05, 3.63) is 35.8 Å². The molecule has 1 unspecified atom stereocenters. The van der Waals surface area contributed by atoms with Crippen LogP contribution in [-0.2, 0) is 24.2 Å². The molecule has 1 atom stereocenters. The number of hydrogen-bond acceptors (Lipinski definition) is 3. The van der Waals surface area contributed by atoms with Crippen molar-refractivity contribution < 1.29 is 4.79 Å². The summed E-state index contributed by atoms with van der Waals surface area (Å²) >= 11 is 0. The van der Waals surface area contributed by atoms with E-state index in [9.17, 15) is 4.79 Å². The van der Waals surface area contributed by atoms with Gasteiger partial charge in [0.05, 0.1) is 18.4 Å². The van der Waals surface area contributed by atoms with Crippen molar-refractivity contribution in [2.24, 2.45) is 5.73 Å². The average Bonchev–Trinajstić information content (AvgIpc) is 2.99. The van der Waals surface area contributed by atoms with Crippen LogP contribution in [0.25, 0.3) is 11.3 Å². The van der Waals surface area contributed by atoms with E-state index in [0.29, 0.717) is 6.42 Å². The molecule has 1 amide bonds. The van der Waals surface area contributed by atoms with E-state index >= 15 is 0 Å². The number of nitrogens with zero attached hydrogens (tertiary/aromatic N) is 2. The van der Waals surface area contributed by atoms with Gasteiger partial charge in [0.25, 0.3) is 0 Å². The van der Waals surface area contributed by atoms with Gasteiger partial charge >= 0.3 is 0 Å². The molecule has 0 aliphatic carbocycles. The van der Waals surface area contributed by atoms with Gasteiger partial charge in [0.15, 0.2) is 0 Å². The van der Waals surface area contributed by atoms with E-state index in [0.717, 1.165) is 41.9 Å². The SMILES string of the molecule is NC1CCn2cnc(-c3ccc4c(c3)CC(=O)N4)c2C1. The summed E-state index contributed by atoms with van der Waals surface area (Å²) < 4.78 is 2.19. The molecule has 0 radical (unpaired) electrons. The van der Waals surface area contributed by atoms with Crippen molar-refractivity contribution in [2.45, 2.75) is 31.8 Å². The summed E-state index contributed by atoms with van der Waals surface area (Å²) in [5.74, 6) is 0.0611. The summed E-state index contributed by atoms with van der Waals surface area (Å²) in [6.45, 7) is 0.939. The molecule has 5 heteroatoms. The molecule has 3 heterocycles. The summed E-state index contributed by atoms with van der Waals surface area (Å²) in [7, 11) is 0. The number of amides is 1. The molecule has 20 heavy (non-hydrogen) atoms. The fraction of sp³-hybridized carbons (Fsp3) is 0.333. The van der Waals surface area contributed by atoms with Gasteiger partial charge in [-0.1, -0.05) is 6.07 Å². The molecule has 0 saturated carbocycles. The van der Waals surface area contributed by atoms with E-state index < -0.39 is 0 Å². The normalized spacial score (nSPS) is 20.4. The first-order valence-electron chi connectivity index (χ1n) is 6.93. The number of carbonyl (C=O) groups is 1. The summed E-state index contributed by atoms with van der Waals surface area (Å²) in [6, 6.07) is 6.27. The number of aromatic nitrogens is 2. The first-order chi connectivity index (χ1) is 9.70. The number of nitrogens with two attached hydrogens (primary N) is 1. The maximum atomic E-state index is 11.4. The third-order valence-electron chi connectivity index (χ3n) is 4.15. The maximum absolute atomic E-state index is 11.4. The third kappa shape index (κ3) is 1.74. The molecule has 0 fully saturated rings. The molecule has 102 valence electrons. The number of carbonyl (C=O) groups excluding carboxylic acids is 1. The molecule has 3 N–H and O–H groups in total. The lowest BCUT2D eigenvalue weighted by Crippen LogP contribution is -2.30. The Morgan fingerprint density at radius 1 is 1.40 bits per heavy atom. The Labute approximate surface area is 116 Å². The molecule has 2 aliphatic rings. The van der Waals surface area contributed by atoms with Crippen molar-refractivity contribution in [1.29, 1.82) is 0 Å². The predicted octanol–water partition coefficient (Wildman–Crippen LogP) is 1.32. The van der Waals surface area contributed by atoms with Gasteiger partial charge in [-0.3, -0.25) is 4.79 Å². The highest BCUT2D eigenvalue weighted by Crippen LogP contribution is 2.31. The molecular weight excluding hydrogens is 252 g/mol. The van der Waals surface area contributed by atoms with Gasteiger partial charge in [-0.15, -0.1) is 0 Å². The zero-order valence-corrected chi connectivity index (χ0v) is 11.1. The number of rotatable bonds is 1. The van der Waals surface area contributed by atoms with Crippen molar-refractivity contribution in [2.75, 3.05) is 5.32 Å². The minimum Gasteiger partial charge on any atom is -0.334 e. The highest BCUT2D eigenvalue weighted by molar-refractivity contribution is 5.99. The smallest absolute Gasteiger partial charge is 0.228 e. The second-order valence-corrected chi connectivity index (χ2v) is 5.58. The van der Waals surface area contributed by atoms with Gasteiger partial charge in [0.2, 0.25) is 5.91 Å². The summed E-state index contributed by atoms with van der Waals surface area (Å²) in [6.07, 6.45) is 4.22. The Kier molecular flexibility index (Phi) is 2.44. The molecule has 1 aromatic heterocycles. The van der Waals surface area contributed by atoms with E-state index in [1.54, 1.807) is 0 Å². The van der Waals surface area contributed by atoms with Gasteiger partial charge in [-0.2, -0.15) is 0 Å². The number of anilines is 1. The van der Waals surface area contributed by atoms with Gasteiger partial charge in [-0.05, 0) is 24.1 Å². The number of hydrogen-bond donors (Lipinski definition) is 2. The van der Waals surface area contributed by atoms with Crippen LogP contribution in [-0.4, -0.2) is 21.5 Å². The number of benzene rings is 1. The Hall–Kier alpha value is -2.14. The monoisotopic (exact) mass is 268 g/mol. The summed E-state index contributed by atoms with van der Waals surface area (Å²) in [5, 5.41) is 2.85. The van der Waals surface area contributed by atoms with E-state index in [-0.39, 0.29) is 11.9 Å². The minimum absolute atomic E-state index is 0.0611. The van der Waals surface area contributed by atoms with E-state index in [1.165, 1.54) is 5.69 Å². The lowest BCUT2D eigenvalue weighted by Gasteiger charge is -2.21. The number of nitrogens with one attached hydrogen (secondary N) is 1. The topological polar surface area (TPSA) is 72.9 Å². The molecule has 2 aromatic rings. The van der Waals surface area contributed by atoms with Crippen LogP contribution >= 0.6 is 0 Å². The first-order valence-corrected chi connectivity index (χ1v) is 6.93. The van der Waals surface area contributed by atoms with Crippen LogP contribution in [0.5, 0.6) is 0 Å². The number of aryl methyl sites for hydroxylation is 1. The second kappa shape index (κ2) is 4.18. The fourth-order valence-electron chi connectivity index (χ4n) is 3.09. The zero-order chi connectivity index (χ0) is 13.7. The van der Waals surface area contributed by atoms with Crippen LogP contribution in [0.4, 0.5) is 5.69 Å². The van der Waals surface area contributed by atoms with Crippen LogP contribution in [0.15, 0.2) is 24.5 Å². The summed E-state index contributed by atoms with van der Waals surface area (Å²) in [4.78, 5) is 16.0. The quantitative estimate of drug-likeness (QED) is 0.819. The Morgan fingerprint density at radius 3 is 3.20 bits per heavy atom. The van der Waals surface area contributed by atoms with Crippen LogP contribution in [0, 0.1) is 0 Å². The summed E-state index contributed by atoms with van der Waals surface area (Å²) in [5.41, 5.74) is 11.3. The highest BCUT2D eigenvalue weighted by atomic mass is 16.1. The average molecular weight is 268 g/mol. The van der Waals surface area contributed by atoms with Crippen LogP contribution < -0.4 is 11.1 Å². The lowest BCUT2D eigenvalue weighted by atomic mass is 9.99. The van der Waals surface area contributed by atoms with Crippen LogP contribution in [0.3, 0.4) is 0 Å². The Bertz CT molecular complexity index is 704. The minimum atomic E-state index is 0.0611. The molecular formula is C15H16N4O. The van der Waals surface area contributed by atoms with Crippen molar-refractivity contribution in [3.8, 4) is 11.3 Å². The largest absolute Gasteiger partial charge is 0.334 e. The van der Waals surface area contributed by atoms with Crippen molar-refractivity contribution >= 4 is 11.6 Å². The standard InChI is InChI=1S/C15H16N4O/c16-11-3-4-19-8-17-15(13(19)7-11)9-1-2-12-10(5-9)6-14(20)18-12/h1-2,5,8,11H,3-4,6-7,16H2,(H,18,20). The van der Waals surface area contributed by atoms with Crippen LogP contribution in [0.1, 0.15) is 17.7 Å².